The molecule has 0 saturated heterocycles. The number of benzene rings is 3. The summed E-state index contributed by atoms with van der Waals surface area (Å²) >= 11 is 6.17. The number of halogens is 1. The number of nitro benzene ring substituents is 1. The maximum Gasteiger partial charge on any atom is 0.273 e. The van der Waals surface area contributed by atoms with E-state index in [2.05, 4.69) is 5.32 Å². The van der Waals surface area contributed by atoms with Crippen molar-refractivity contribution in [2.45, 2.75) is 38.0 Å². The van der Waals surface area contributed by atoms with Crippen LogP contribution in [0.4, 0.5) is 11.4 Å². The minimum Gasteiger partial charge on any atom is -0.495 e. The molecule has 0 atom stereocenters. The van der Waals surface area contributed by atoms with Crippen LogP contribution in [-0.2, 0) is 21.2 Å². The fourth-order valence-electron chi connectivity index (χ4n) is 3.99. The molecule has 0 heterocycles. The quantitative estimate of drug-likeness (QED) is 0.153. The molecule has 0 bridgehead atoms. The minimum absolute atomic E-state index is 0.0235. The van der Waals surface area contributed by atoms with Crippen molar-refractivity contribution in [2.75, 3.05) is 31.1 Å². The molecule has 0 fully saturated rings. The van der Waals surface area contributed by atoms with Gasteiger partial charge in [-0.25, -0.2) is 8.42 Å². The number of rotatable bonds is 14. The van der Waals surface area contributed by atoms with Crippen LogP contribution in [0.5, 0.6) is 11.5 Å². The lowest BCUT2D eigenvalue weighted by atomic mass is 10.1. The number of anilines is 1. The van der Waals surface area contributed by atoms with Crippen molar-refractivity contribution in [1.29, 1.82) is 0 Å². The van der Waals surface area contributed by atoms with Gasteiger partial charge in [0.05, 0.1) is 29.2 Å². The standard InChI is InChI=1S/C28H32ClN3O7S/c1-4-16-39-26-10-6-5-8-21(26)9-7-15-30-28(33)19-31(25-17-22(29)12-14-27(25)38-3)40(36,37)23-13-11-20(2)24(18-23)32(34)35/h5-6,8,10-14,17-18H,4,7,9,15-16,19H2,1-3H3,(H,30,33). The summed E-state index contributed by atoms with van der Waals surface area (Å²) in [7, 11) is -3.09. The summed E-state index contributed by atoms with van der Waals surface area (Å²) in [5.74, 6) is 0.391. The highest BCUT2D eigenvalue weighted by Crippen LogP contribution is 2.35. The Hall–Kier alpha value is -3.83. The molecule has 214 valence electrons. The largest absolute Gasteiger partial charge is 0.495 e. The van der Waals surface area contributed by atoms with Crippen molar-refractivity contribution in [1.82, 2.24) is 5.32 Å². The maximum atomic E-state index is 13.8. The second-order valence-electron chi connectivity index (χ2n) is 8.94. The Kier molecular flexibility index (Phi) is 10.7. The van der Waals surface area contributed by atoms with E-state index in [9.17, 15) is 23.3 Å². The monoisotopic (exact) mass is 589 g/mol. The number of nitro groups is 1. The number of carbonyl (C=O) groups is 1. The first-order valence-electron chi connectivity index (χ1n) is 12.7. The van der Waals surface area contributed by atoms with E-state index < -0.39 is 27.4 Å². The molecule has 0 aliphatic rings. The Balaban J connectivity index is 1.82. The number of methoxy groups -OCH3 is 1. The van der Waals surface area contributed by atoms with Crippen molar-refractivity contribution in [3.63, 3.8) is 0 Å². The molecule has 1 N–H and O–H groups in total. The van der Waals surface area contributed by atoms with Gasteiger partial charge in [-0.2, -0.15) is 0 Å². The van der Waals surface area contributed by atoms with E-state index >= 15 is 0 Å². The van der Waals surface area contributed by atoms with Gasteiger partial charge in [0.25, 0.3) is 15.7 Å². The van der Waals surface area contributed by atoms with Crippen LogP contribution < -0.4 is 19.1 Å². The highest BCUT2D eigenvalue weighted by atomic mass is 35.5. The first kappa shape index (κ1) is 30.7. The lowest BCUT2D eigenvalue weighted by molar-refractivity contribution is -0.385. The summed E-state index contributed by atoms with van der Waals surface area (Å²) in [6.07, 6.45) is 2.13. The molecule has 3 aromatic rings. The number of nitrogens with one attached hydrogen (secondary N) is 1. The van der Waals surface area contributed by atoms with Gasteiger partial charge in [0.2, 0.25) is 5.91 Å². The van der Waals surface area contributed by atoms with Gasteiger partial charge in [-0.1, -0.05) is 42.8 Å². The van der Waals surface area contributed by atoms with E-state index in [0.29, 0.717) is 25.0 Å². The third-order valence-electron chi connectivity index (χ3n) is 6.04. The number of para-hydroxylation sites is 1. The molecule has 0 spiro atoms. The van der Waals surface area contributed by atoms with E-state index in [1.807, 2.05) is 31.2 Å². The van der Waals surface area contributed by atoms with Gasteiger partial charge in [0.1, 0.15) is 18.0 Å². The smallest absolute Gasteiger partial charge is 0.273 e. The van der Waals surface area contributed by atoms with Crippen LogP contribution in [0.2, 0.25) is 5.02 Å². The number of carbonyl (C=O) groups excluding carboxylic acids is 1. The number of amides is 1. The second kappa shape index (κ2) is 14.0. The summed E-state index contributed by atoms with van der Waals surface area (Å²) in [6, 6.07) is 15.6. The zero-order chi connectivity index (χ0) is 29.3. The molecule has 0 aliphatic heterocycles. The zero-order valence-electron chi connectivity index (χ0n) is 22.6. The zero-order valence-corrected chi connectivity index (χ0v) is 24.1. The normalized spacial score (nSPS) is 11.1. The van der Waals surface area contributed by atoms with E-state index in [1.165, 1.54) is 44.4 Å². The molecule has 0 aliphatic carbocycles. The molecule has 40 heavy (non-hydrogen) atoms. The molecule has 10 nitrogen and oxygen atoms in total. The summed E-state index contributed by atoms with van der Waals surface area (Å²) in [5.41, 5.74) is 0.983. The summed E-state index contributed by atoms with van der Waals surface area (Å²) in [6.45, 7) is 3.83. The maximum absolute atomic E-state index is 13.8. The molecular formula is C28H32ClN3O7S. The van der Waals surface area contributed by atoms with Crippen LogP contribution >= 0.6 is 11.6 Å². The molecule has 3 rings (SSSR count). The Morgan fingerprint density at radius 3 is 2.55 bits per heavy atom. The topological polar surface area (TPSA) is 128 Å². The van der Waals surface area contributed by atoms with E-state index in [0.717, 1.165) is 28.1 Å². The van der Waals surface area contributed by atoms with Gasteiger partial charge < -0.3 is 14.8 Å². The Morgan fingerprint density at radius 1 is 1.10 bits per heavy atom. The van der Waals surface area contributed by atoms with E-state index in [-0.39, 0.29) is 33.6 Å². The van der Waals surface area contributed by atoms with Crippen LogP contribution in [0.15, 0.2) is 65.6 Å². The average molecular weight is 590 g/mol. The number of ether oxygens (including phenoxy) is 2. The lowest BCUT2D eigenvalue weighted by Gasteiger charge is -2.26. The fraction of sp³-hybridized carbons (Fsp3) is 0.321. The lowest BCUT2D eigenvalue weighted by Crippen LogP contribution is -2.41. The predicted molar refractivity (Wildman–Crippen MR) is 154 cm³/mol. The first-order chi connectivity index (χ1) is 19.1. The number of aryl methyl sites for hydroxylation is 2. The Morgan fingerprint density at radius 2 is 1.85 bits per heavy atom. The number of sulfonamides is 1. The van der Waals surface area contributed by atoms with E-state index in [1.54, 1.807) is 0 Å². The highest BCUT2D eigenvalue weighted by molar-refractivity contribution is 7.92. The van der Waals surface area contributed by atoms with Crippen molar-refractivity contribution in [3.8, 4) is 11.5 Å². The van der Waals surface area contributed by atoms with Gasteiger partial charge in [-0.15, -0.1) is 0 Å². The average Bonchev–Trinajstić information content (AvgIpc) is 2.93. The highest BCUT2D eigenvalue weighted by Gasteiger charge is 2.31. The third-order valence-corrected chi connectivity index (χ3v) is 8.03. The fourth-order valence-corrected chi connectivity index (χ4v) is 5.60. The number of hydrogen-bond donors (Lipinski definition) is 1. The number of nitrogens with zero attached hydrogens (tertiary/aromatic N) is 2. The third kappa shape index (κ3) is 7.64. The van der Waals surface area contributed by atoms with Gasteiger partial charge in [-0.3, -0.25) is 19.2 Å². The summed E-state index contributed by atoms with van der Waals surface area (Å²) in [5, 5.41) is 14.5. The molecule has 0 radical (unpaired) electrons. The molecular weight excluding hydrogens is 558 g/mol. The Labute approximate surface area is 239 Å². The molecule has 1 amide bonds. The van der Waals surface area contributed by atoms with Crippen molar-refractivity contribution in [2.24, 2.45) is 0 Å². The van der Waals surface area contributed by atoms with Crippen LogP contribution in [-0.4, -0.2) is 46.1 Å². The molecule has 0 saturated carbocycles. The second-order valence-corrected chi connectivity index (χ2v) is 11.2. The molecule has 0 aromatic heterocycles. The molecule has 3 aromatic carbocycles. The van der Waals surface area contributed by atoms with Crippen LogP contribution in [0, 0.1) is 17.0 Å². The van der Waals surface area contributed by atoms with Crippen molar-refractivity contribution in [3.05, 3.63) is 86.9 Å². The van der Waals surface area contributed by atoms with Crippen molar-refractivity contribution < 1.29 is 27.6 Å². The van der Waals surface area contributed by atoms with Crippen LogP contribution in [0.1, 0.15) is 30.9 Å². The van der Waals surface area contributed by atoms with Gasteiger partial charge >= 0.3 is 0 Å². The van der Waals surface area contributed by atoms with Crippen molar-refractivity contribution >= 4 is 38.9 Å². The van der Waals surface area contributed by atoms with Gasteiger partial charge in [-0.05, 0) is 62.1 Å². The summed E-state index contributed by atoms with van der Waals surface area (Å²) < 4.78 is 39.5. The first-order valence-corrected chi connectivity index (χ1v) is 14.5. The summed E-state index contributed by atoms with van der Waals surface area (Å²) in [4.78, 5) is 23.5. The predicted octanol–water partition coefficient (Wildman–Crippen LogP) is 5.30. The SMILES string of the molecule is CCCOc1ccccc1CCCNC(=O)CN(c1cc(Cl)ccc1OC)S(=O)(=O)c1ccc(C)c([N+](=O)[O-])c1. The Bertz CT molecular complexity index is 1460. The molecule has 12 heteroatoms. The minimum atomic E-state index is -4.45. The van der Waals surface area contributed by atoms with Crippen LogP contribution in [0.3, 0.4) is 0 Å². The van der Waals surface area contributed by atoms with Gasteiger partial charge in [0.15, 0.2) is 0 Å². The molecule has 0 unspecified atom stereocenters. The van der Waals surface area contributed by atoms with E-state index in [4.69, 9.17) is 21.1 Å². The number of hydrogen-bond acceptors (Lipinski definition) is 7. The van der Waals surface area contributed by atoms with Crippen LogP contribution in [0.25, 0.3) is 0 Å². The van der Waals surface area contributed by atoms with Gasteiger partial charge in [0, 0.05) is 23.2 Å².